The fourth-order valence-corrected chi connectivity index (χ4v) is 6.46. The summed E-state index contributed by atoms with van der Waals surface area (Å²) in [6.45, 7) is 2.34. The standard InChI is InChI=1S/C25H32F4O2/c1-15-5-7-16(8-6-15)17-9-11-20-18(13-17)3-2-4-21(20)24(30)31-19-10-12-22(23(26)14-19)25(27,28)29/h10,12,14-18,20-21H,2-9,11,13H2,1H3. The van der Waals surface area contributed by atoms with Crippen molar-refractivity contribution in [1.82, 2.24) is 0 Å². The van der Waals surface area contributed by atoms with Crippen LogP contribution in [0.3, 0.4) is 0 Å². The fourth-order valence-electron chi connectivity index (χ4n) is 6.46. The van der Waals surface area contributed by atoms with E-state index in [1.54, 1.807) is 0 Å². The number of esters is 1. The van der Waals surface area contributed by atoms with Crippen LogP contribution in [0.25, 0.3) is 0 Å². The van der Waals surface area contributed by atoms with Gasteiger partial charge in [0.25, 0.3) is 0 Å². The monoisotopic (exact) mass is 440 g/mol. The number of benzene rings is 1. The smallest absolute Gasteiger partial charge is 0.419 e. The Morgan fingerprint density at radius 3 is 2.32 bits per heavy atom. The average Bonchev–Trinajstić information content (AvgIpc) is 2.72. The van der Waals surface area contributed by atoms with Gasteiger partial charge in [0.1, 0.15) is 11.6 Å². The molecule has 31 heavy (non-hydrogen) atoms. The van der Waals surface area contributed by atoms with Crippen molar-refractivity contribution in [3.8, 4) is 5.75 Å². The Hall–Kier alpha value is -1.59. The van der Waals surface area contributed by atoms with Gasteiger partial charge in [-0.2, -0.15) is 13.2 Å². The lowest BCUT2D eigenvalue weighted by Crippen LogP contribution is -2.40. The molecule has 4 rings (SSSR count). The van der Waals surface area contributed by atoms with Crippen LogP contribution < -0.4 is 4.74 Å². The SMILES string of the molecule is CC1CCC(C2CCC3C(CCCC3C(=O)Oc3ccc(C(F)(F)F)c(F)c3)C2)CC1. The zero-order valence-electron chi connectivity index (χ0n) is 18.1. The van der Waals surface area contributed by atoms with Crippen molar-refractivity contribution >= 4 is 5.97 Å². The molecule has 3 fully saturated rings. The first kappa shape index (κ1) is 22.6. The molecule has 0 aliphatic heterocycles. The maximum absolute atomic E-state index is 13.8. The molecule has 3 saturated carbocycles. The Labute approximate surface area is 181 Å². The van der Waals surface area contributed by atoms with Gasteiger partial charge in [0, 0.05) is 6.07 Å². The Balaban J connectivity index is 1.38. The molecular weight excluding hydrogens is 408 g/mol. The van der Waals surface area contributed by atoms with Gasteiger partial charge in [0.2, 0.25) is 0 Å². The van der Waals surface area contributed by atoms with Gasteiger partial charge in [-0.3, -0.25) is 4.79 Å². The van der Waals surface area contributed by atoms with Gasteiger partial charge < -0.3 is 4.74 Å². The quantitative estimate of drug-likeness (QED) is 0.278. The number of alkyl halides is 3. The van der Waals surface area contributed by atoms with Crippen LogP contribution in [0.4, 0.5) is 17.6 Å². The molecule has 0 bridgehead atoms. The van der Waals surface area contributed by atoms with Gasteiger partial charge in [-0.25, -0.2) is 4.39 Å². The molecule has 172 valence electrons. The molecule has 1 aromatic carbocycles. The number of carbonyl (C=O) groups is 1. The summed E-state index contributed by atoms with van der Waals surface area (Å²) in [5, 5.41) is 0. The van der Waals surface area contributed by atoms with Gasteiger partial charge in [0.15, 0.2) is 0 Å². The Bertz CT molecular complexity index is 782. The molecule has 0 N–H and O–H groups in total. The molecule has 0 saturated heterocycles. The molecule has 0 radical (unpaired) electrons. The number of halogens is 4. The molecule has 0 spiro atoms. The van der Waals surface area contributed by atoms with Crippen LogP contribution in [0.5, 0.6) is 5.75 Å². The second-order valence-electron chi connectivity index (χ2n) is 10.1. The number of hydrogen-bond acceptors (Lipinski definition) is 2. The van der Waals surface area contributed by atoms with Crippen molar-refractivity contribution in [1.29, 1.82) is 0 Å². The van der Waals surface area contributed by atoms with E-state index in [0.717, 1.165) is 55.9 Å². The highest BCUT2D eigenvalue weighted by atomic mass is 19.4. The summed E-state index contributed by atoms with van der Waals surface area (Å²) in [6, 6.07) is 2.34. The maximum Gasteiger partial charge on any atom is 0.419 e. The number of carbonyl (C=O) groups excluding carboxylic acids is 1. The van der Waals surface area contributed by atoms with Crippen LogP contribution in [-0.4, -0.2) is 5.97 Å². The highest BCUT2D eigenvalue weighted by Crippen LogP contribution is 2.50. The van der Waals surface area contributed by atoms with Crippen molar-refractivity contribution in [3.63, 3.8) is 0 Å². The molecule has 4 unspecified atom stereocenters. The van der Waals surface area contributed by atoms with E-state index in [9.17, 15) is 22.4 Å². The van der Waals surface area contributed by atoms with Crippen molar-refractivity contribution in [3.05, 3.63) is 29.6 Å². The summed E-state index contributed by atoms with van der Waals surface area (Å²) in [6.07, 6.45) is 6.75. The van der Waals surface area contributed by atoms with Crippen LogP contribution in [0.1, 0.15) is 76.7 Å². The Kier molecular flexibility index (Phi) is 6.64. The highest BCUT2D eigenvalue weighted by molar-refractivity contribution is 5.75. The molecule has 1 aromatic rings. The highest BCUT2D eigenvalue weighted by Gasteiger charge is 2.43. The fraction of sp³-hybridized carbons (Fsp3) is 0.720. The molecular formula is C25H32F4O2. The second-order valence-corrected chi connectivity index (χ2v) is 10.1. The maximum atomic E-state index is 13.8. The lowest BCUT2D eigenvalue weighted by molar-refractivity contribution is -0.144. The predicted molar refractivity (Wildman–Crippen MR) is 110 cm³/mol. The molecule has 3 aliphatic carbocycles. The number of rotatable bonds is 3. The summed E-state index contributed by atoms with van der Waals surface area (Å²) in [5.74, 6) is 0.996. The topological polar surface area (TPSA) is 26.3 Å². The third kappa shape index (κ3) is 5.09. The molecule has 0 amide bonds. The van der Waals surface area contributed by atoms with Crippen LogP contribution in [0.2, 0.25) is 0 Å². The van der Waals surface area contributed by atoms with E-state index in [4.69, 9.17) is 4.74 Å². The average molecular weight is 441 g/mol. The van der Waals surface area contributed by atoms with Crippen LogP contribution >= 0.6 is 0 Å². The van der Waals surface area contributed by atoms with Crippen molar-refractivity contribution in [2.75, 3.05) is 0 Å². The molecule has 3 aliphatic rings. The third-order valence-corrected chi connectivity index (χ3v) is 8.18. The van der Waals surface area contributed by atoms with Crippen molar-refractivity contribution < 1.29 is 27.1 Å². The van der Waals surface area contributed by atoms with E-state index < -0.39 is 23.5 Å². The summed E-state index contributed by atoms with van der Waals surface area (Å²) >= 11 is 0. The van der Waals surface area contributed by atoms with Crippen LogP contribution in [0.15, 0.2) is 18.2 Å². The largest absolute Gasteiger partial charge is 0.426 e. The van der Waals surface area contributed by atoms with E-state index >= 15 is 0 Å². The van der Waals surface area contributed by atoms with Crippen LogP contribution in [-0.2, 0) is 11.0 Å². The first-order chi connectivity index (χ1) is 14.7. The second kappa shape index (κ2) is 9.11. The third-order valence-electron chi connectivity index (χ3n) is 8.18. The van der Waals surface area contributed by atoms with E-state index in [-0.39, 0.29) is 17.6 Å². The molecule has 2 nitrogen and oxygen atoms in total. The predicted octanol–water partition coefficient (Wildman–Crippen LogP) is 7.41. The molecule has 0 aromatic heterocycles. The number of ether oxygens (including phenoxy) is 1. The van der Waals surface area contributed by atoms with Crippen molar-refractivity contribution in [2.45, 2.75) is 77.3 Å². The Morgan fingerprint density at radius 2 is 1.65 bits per heavy atom. The van der Waals surface area contributed by atoms with Gasteiger partial charge in [-0.05, 0) is 80.2 Å². The van der Waals surface area contributed by atoms with Gasteiger partial charge in [-0.1, -0.05) is 32.6 Å². The van der Waals surface area contributed by atoms with Gasteiger partial charge >= 0.3 is 12.1 Å². The summed E-state index contributed by atoms with van der Waals surface area (Å²) in [4.78, 5) is 12.9. The van der Waals surface area contributed by atoms with Crippen LogP contribution in [0, 0.1) is 41.3 Å². The molecule has 0 heterocycles. The first-order valence-corrected chi connectivity index (χ1v) is 11.8. The molecule has 4 atom stereocenters. The minimum absolute atomic E-state index is 0.150. The Morgan fingerprint density at radius 1 is 0.935 bits per heavy atom. The van der Waals surface area contributed by atoms with E-state index in [1.165, 1.54) is 32.1 Å². The number of hydrogen-bond donors (Lipinski definition) is 0. The lowest BCUT2D eigenvalue weighted by Gasteiger charge is -2.45. The number of fused-ring (bicyclic) bond motifs is 1. The normalized spacial score (nSPS) is 34.1. The summed E-state index contributed by atoms with van der Waals surface area (Å²) < 4.78 is 57.5. The summed E-state index contributed by atoms with van der Waals surface area (Å²) in [5.41, 5.74) is -1.35. The zero-order chi connectivity index (χ0) is 22.2. The lowest BCUT2D eigenvalue weighted by atomic mass is 9.59. The summed E-state index contributed by atoms with van der Waals surface area (Å²) in [7, 11) is 0. The van der Waals surface area contributed by atoms with Gasteiger partial charge in [-0.15, -0.1) is 0 Å². The zero-order valence-corrected chi connectivity index (χ0v) is 18.1. The van der Waals surface area contributed by atoms with E-state index in [2.05, 4.69) is 6.92 Å². The van der Waals surface area contributed by atoms with E-state index in [1.807, 2.05) is 0 Å². The minimum Gasteiger partial charge on any atom is -0.426 e. The van der Waals surface area contributed by atoms with E-state index in [0.29, 0.717) is 18.1 Å². The minimum atomic E-state index is -4.77. The first-order valence-electron chi connectivity index (χ1n) is 11.8. The van der Waals surface area contributed by atoms with Crippen molar-refractivity contribution in [2.24, 2.45) is 35.5 Å². The molecule has 6 heteroatoms. The van der Waals surface area contributed by atoms with Gasteiger partial charge in [0.05, 0.1) is 11.5 Å².